The molecular formula is C33H36ClN5OS. The van der Waals surface area contributed by atoms with Crippen molar-refractivity contribution < 1.29 is 4.79 Å². The summed E-state index contributed by atoms with van der Waals surface area (Å²) in [7, 11) is 0. The van der Waals surface area contributed by atoms with Crippen LogP contribution >= 0.6 is 23.8 Å². The number of hydrogen-bond acceptors (Lipinski definition) is 3. The second kappa shape index (κ2) is 11.3. The number of amides is 1. The minimum atomic E-state index is -0.185. The molecule has 212 valence electrons. The first-order chi connectivity index (χ1) is 19.5. The van der Waals surface area contributed by atoms with E-state index in [0.29, 0.717) is 15.8 Å². The van der Waals surface area contributed by atoms with Crippen molar-refractivity contribution >= 4 is 46.2 Å². The number of aryl methyl sites for hydroxylation is 4. The molecule has 8 heteroatoms. The number of halogens is 1. The maximum atomic E-state index is 12.3. The van der Waals surface area contributed by atoms with Gasteiger partial charge in [0.2, 0.25) is 5.91 Å². The third-order valence-electron chi connectivity index (χ3n) is 7.76. The average Bonchev–Trinajstić information content (AvgIpc) is 3.40. The van der Waals surface area contributed by atoms with Gasteiger partial charge in [0.1, 0.15) is 0 Å². The van der Waals surface area contributed by atoms with Gasteiger partial charge in [-0.15, -0.1) is 0 Å². The number of benzene rings is 2. The Balaban J connectivity index is 1.65. The Morgan fingerprint density at radius 3 is 2.34 bits per heavy atom. The molecule has 1 amide bonds. The lowest BCUT2D eigenvalue weighted by Gasteiger charge is -2.29. The standard InChI is InChI=1S/C33H36ClN5OS/c1-18(2)32(40)36-27-12-11-24(17-26(27)34)39-31(29(37-33(39)41)28-10-8-9-13-35-28)25-16-22(6)38(23(25)7)30-20(4)14-19(3)15-21(30)5/h8-18,29,31H,1-7H3,(H,36,40)(H,37,41)/t29-,31-/m1/s1. The second-order valence-electron chi connectivity index (χ2n) is 11.2. The van der Waals surface area contributed by atoms with Crippen LogP contribution in [0.3, 0.4) is 0 Å². The molecule has 0 aliphatic carbocycles. The highest BCUT2D eigenvalue weighted by atomic mass is 35.5. The van der Waals surface area contributed by atoms with E-state index < -0.39 is 0 Å². The van der Waals surface area contributed by atoms with Gasteiger partial charge < -0.3 is 20.1 Å². The van der Waals surface area contributed by atoms with Crippen molar-refractivity contribution in [2.45, 2.75) is 60.5 Å². The fraction of sp³-hybridized carbons (Fsp3) is 0.303. The van der Waals surface area contributed by atoms with Crippen molar-refractivity contribution in [3.8, 4) is 5.69 Å². The fourth-order valence-corrected chi connectivity index (χ4v) is 6.51. The highest BCUT2D eigenvalue weighted by Crippen LogP contribution is 2.45. The number of rotatable bonds is 6. The topological polar surface area (TPSA) is 62.2 Å². The molecule has 1 fully saturated rings. The third-order valence-corrected chi connectivity index (χ3v) is 8.39. The van der Waals surface area contributed by atoms with E-state index in [1.807, 2.05) is 56.4 Å². The minimum Gasteiger partial charge on any atom is -0.351 e. The molecule has 1 aliphatic heterocycles. The fourth-order valence-electron chi connectivity index (χ4n) is 5.94. The van der Waals surface area contributed by atoms with Crippen molar-refractivity contribution in [1.82, 2.24) is 14.9 Å². The first kappa shape index (κ1) is 28.8. The molecule has 0 saturated carbocycles. The molecule has 2 aromatic heterocycles. The summed E-state index contributed by atoms with van der Waals surface area (Å²) < 4.78 is 2.35. The van der Waals surface area contributed by atoms with Crippen LogP contribution in [-0.2, 0) is 4.79 Å². The molecule has 41 heavy (non-hydrogen) atoms. The van der Waals surface area contributed by atoms with Crippen molar-refractivity contribution in [2.75, 3.05) is 10.2 Å². The van der Waals surface area contributed by atoms with E-state index in [1.165, 1.54) is 22.4 Å². The quantitative estimate of drug-likeness (QED) is 0.226. The largest absolute Gasteiger partial charge is 0.351 e. The number of carbonyl (C=O) groups excluding carboxylic acids is 1. The lowest BCUT2D eigenvalue weighted by atomic mass is 9.96. The number of pyridine rings is 1. The average molecular weight is 586 g/mol. The summed E-state index contributed by atoms with van der Waals surface area (Å²) >= 11 is 12.7. The monoisotopic (exact) mass is 585 g/mol. The molecule has 1 aliphatic rings. The molecule has 2 aromatic carbocycles. The molecular weight excluding hydrogens is 550 g/mol. The predicted molar refractivity (Wildman–Crippen MR) is 172 cm³/mol. The van der Waals surface area contributed by atoms with Gasteiger partial charge in [-0.2, -0.15) is 0 Å². The van der Waals surface area contributed by atoms with Crippen LogP contribution in [0.2, 0.25) is 5.02 Å². The lowest BCUT2D eigenvalue weighted by molar-refractivity contribution is -0.118. The number of aromatic nitrogens is 2. The van der Waals surface area contributed by atoms with Crippen LogP contribution in [0.5, 0.6) is 0 Å². The zero-order valence-corrected chi connectivity index (χ0v) is 26.1. The Morgan fingerprint density at radius 2 is 1.73 bits per heavy atom. The first-order valence-corrected chi connectivity index (χ1v) is 14.6. The number of nitrogens with zero attached hydrogens (tertiary/aromatic N) is 3. The number of hydrogen-bond donors (Lipinski definition) is 2. The van der Waals surface area contributed by atoms with Crippen molar-refractivity contribution in [3.05, 3.63) is 105 Å². The minimum absolute atomic E-state index is 0.0831. The summed E-state index contributed by atoms with van der Waals surface area (Å²) in [5, 5.41) is 7.51. The lowest BCUT2D eigenvalue weighted by Crippen LogP contribution is -2.29. The zero-order valence-electron chi connectivity index (χ0n) is 24.5. The van der Waals surface area contributed by atoms with Crippen LogP contribution in [0.4, 0.5) is 11.4 Å². The van der Waals surface area contributed by atoms with Crippen LogP contribution in [0.25, 0.3) is 5.69 Å². The Kier molecular flexibility index (Phi) is 7.95. The zero-order chi connectivity index (χ0) is 29.6. The predicted octanol–water partition coefficient (Wildman–Crippen LogP) is 7.84. The summed E-state index contributed by atoms with van der Waals surface area (Å²) in [4.78, 5) is 19.2. The Bertz CT molecular complexity index is 1620. The van der Waals surface area contributed by atoms with Crippen LogP contribution in [-0.4, -0.2) is 20.6 Å². The van der Waals surface area contributed by atoms with E-state index in [0.717, 1.165) is 28.3 Å². The van der Waals surface area contributed by atoms with Gasteiger partial charge >= 0.3 is 0 Å². The van der Waals surface area contributed by atoms with E-state index in [2.05, 4.69) is 72.9 Å². The number of carbonyl (C=O) groups is 1. The molecule has 5 rings (SSSR count). The van der Waals surface area contributed by atoms with E-state index >= 15 is 0 Å². The van der Waals surface area contributed by atoms with E-state index in [4.69, 9.17) is 28.8 Å². The molecule has 3 heterocycles. The number of anilines is 2. The van der Waals surface area contributed by atoms with Gasteiger partial charge in [-0.25, -0.2) is 0 Å². The van der Waals surface area contributed by atoms with Crippen LogP contribution in [0.1, 0.15) is 65.3 Å². The van der Waals surface area contributed by atoms with Crippen LogP contribution in [0, 0.1) is 40.5 Å². The Hall–Kier alpha value is -3.68. The van der Waals surface area contributed by atoms with Gasteiger partial charge in [0, 0.05) is 29.2 Å². The molecule has 1 saturated heterocycles. The maximum Gasteiger partial charge on any atom is 0.226 e. The Labute approximate surface area is 252 Å². The van der Waals surface area contributed by atoms with Gasteiger partial charge in [-0.1, -0.05) is 49.2 Å². The van der Waals surface area contributed by atoms with E-state index in [-0.39, 0.29) is 23.9 Å². The molecule has 0 spiro atoms. The molecule has 0 radical (unpaired) electrons. The van der Waals surface area contributed by atoms with Crippen LogP contribution in [0.15, 0.2) is 60.8 Å². The van der Waals surface area contributed by atoms with Crippen LogP contribution < -0.4 is 15.5 Å². The molecule has 2 N–H and O–H groups in total. The normalized spacial score (nSPS) is 16.8. The van der Waals surface area contributed by atoms with E-state index in [9.17, 15) is 4.79 Å². The number of nitrogens with one attached hydrogen (secondary N) is 2. The SMILES string of the molecule is Cc1cc(C)c(-n2c(C)cc([C@@H]3[C@@H](c4ccccn4)NC(=S)N3c3ccc(NC(=O)C(C)C)c(Cl)c3)c2C)c(C)c1. The first-order valence-electron chi connectivity index (χ1n) is 13.9. The van der Waals surface area contributed by atoms with Gasteiger partial charge in [-0.3, -0.25) is 9.78 Å². The van der Waals surface area contributed by atoms with Gasteiger partial charge in [0.25, 0.3) is 0 Å². The maximum absolute atomic E-state index is 12.3. The van der Waals surface area contributed by atoms with Gasteiger partial charge in [0.15, 0.2) is 5.11 Å². The second-order valence-corrected chi connectivity index (χ2v) is 12.0. The Morgan fingerprint density at radius 1 is 1.02 bits per heavy atom. The molecule has 0 bridgehead atoms. The summed E-state index contributed by atoms with van der Waals surface area (Å²) in [5.41, 5.74) is 10.7. The molecule has 6 nitrogen and oxygen atoms in total. The summed E-state index contributed by atoms with van der Waals surface area (Å²) in [6, 6.07) is 18.0. The molecule has 2 atom stereocenters. The van der Waals surface area contributed by atoms with Crippen molar-refractivity contribution in [1.29, 1.82) is 0 Å². The summed E-state index contributed by atoms with van der Waals surface area (Å²) in [5.74, 6) is -0.235. The van der Waals surface area contributed by atoms with Gasteiger partial charge in [0.05, 0.1) is 34.2 Å². The summed E-state index contributed by atoms with van der Waals surface area (Å²) in [6.45, 7) is 14.5. The molecule has 0 unspecified atom stereocenters. The van der Waals surface area contributed by atoms with E-state index in [1.54, 1.807) is 0 Å². The highest BCUT2D eigenvalue weighted by molar-refractivity contribution is 7.80. The number of thiocarbonyl (C=S) groups is 1. The van der Waals surface area contributed by atoms with Gasteiger partial charge in [-0.05, 0) is 99.9 Å². The molecule has 4 aromatic rings. The smallest absolute Gasteiger partial charge is 0.226 e. The summed E-state index contributed by atoms with van der Waals surface area (Å²) in [6.07, 6.45) is 1.81. The highest BCUT2D eigenvalue weighted by Gasteiger charge is 2.42. The third kappa shape index (κ3) is 5.36. The van der Waals surface area contributed by atoms with Crippen molar-refractivity contribution in [2.24, 2.45) is 5.92 Å². The van der Waals surface area contributed by atoms with Crippen molar-refractivity contribution in [3.63, 3.8) is 0 Å².